The third-order valence-corrected chi connectivity index (χ3v) is 4.82. The van der Waals surface area contributed by atoms with Crippen molar-refractivity contribution in [3.63, 3.8) is 0 Å². The number of nitrogens with one attached hydrogen (secondary N) is 1. The van der Waals surface area contributed by atoms with Gasteiger partial charge in [-0.3, -0.25) is 14.4 Å². The SMILES string of the molecule is Cc1ccc(C(=O)NCC(=O)OCC(=O)c2oc3ccccc3c2C)s1. The lowest BCUT2D eigenvalue weighted by molar-refractivity contribution is -0.141. The number of hydrogen-bond donors (Lipinski definition) is 1. The van der Waals surface area contributed by atoms with E-state index in [1.165, 1.54) is 11.3 Å². The van der Waals surface area contributed by atoms with E-state index in [9.17, 15) is 14.4 Å². The van der Waals surface area contributed by atoms with Crippen LogP contribution in [0.1, 0.15) is 30.7 Å². The third-order valence-electron chi connectivity index (χ3n) is 3.82. The molecule has 3 aromatic rings. The van der Waals surface area contributed by atoms with Crippen LogP contribution in [0.4, 0.5) is 0 Å². The summed E-state index contributed by atoms with van der Waals surface area (Å²) < 4.78 is 10.5. The molecule has 0 atom stereocenters. The first kappa shape index (κ1) is 17.9. The highest BCUT2D eigenvalue weighted by Gasteiger charge is 2.19. The molecule has 1 N–H and O–H groups in total. The molecule has 0 spiro atoms. The summed E-state index contributed by atoms with van der Waals surface area (Å²) in [6.45, 7) is 2.93. The Morgan fingerprint density at radius 2 is 1.88 bits per heavy atom. The summed E-state index contributed by atoms with van der Waals surface area (Å²) in [5.74, 6) is -1.28. The van der Waals surface area contributed by atoms with Gasteiger partial charge in [0, 0.05) is 15.8 Å². The van der Waals surface area contributed by atoms with Gasteiger partial charge in [-0.1, -0.05) is 18.2 Å². The number of esters is 1. The lowest BCUT2D eigenvalue weighted by atomic mass is 10.1. The number of furan rings is 1. The Hall–Kier alpha value is -2.93. The lowest BCUT2D eigenvalue weighted by Gasteiger charge is -2.05. The highest BCUT2D eigenvalue weighted by atomic mass is 32.1. The molecule has 3 rings (SSSR count). The molecule has 134 valence electrons. The fourth-order valence-electron chi connectivity index (χ4n) is 2.50. The summed E-state index contributed by atoms with van der Waals surface area (Å²) in [7, 11) is 0. The van der Waals surface area contributed by atoms with Crippen molar-refractivity contribution in [1.82, 2.24) is 5.32 Å². The number of benzene rings is 1. The summed E-state index contributed by atoms with van der Waals surface area (Å²) in [6.07, 6.45) is 0. The van der Waals surface area contributed by atoms with Gasteiger partial charge in [0.2, 0.25) is 5.78 Å². The van der Waals surface area contributed by atoms with Crippen LogP contribution in [0.5, 0.6) is 0 Å². The molecule has 7 heteroatoms. The van der Waals surface area contributed by atoms with Gasteiger partial charge in [0.25, 0.3) is 5.91 Å². The Labute approximate surface area is 153 Å². The van der Waals surface area contributed by atoms with Crippen LogP contribution in [-0.2, 0) is 9.53 Å². The van der Waals surface area contributed by atoms with Gasteiger partial charge in [-0.05, 0) is 32.0 Å². The summed E-state index contributed by atoms with van der Waals surface area (Å²) in [4.78, 5) is 37.4. The van der Waals surface area contributed by atoms with Crippen LogP contribution in [0.2, 0.25) is 0 Å². The maximum atomic E-state index is 12.2. The Morgan fingerprint density at radius 3 is 2.58 bits per heavy atom. The molecule has 0 fully saturated rings. The van der Waals surface area contributed by atoms with Gasteiger partial charge in [0.1, 0.15) is 12.1 Å². The Balaban J connectivity index is 1.53. The van der Waals surface area contributed by atoms with Crippen molar-refractivity contribution >= 4 is 40.0 Å². The molecule has 1 aromatic carbocycles. The molecule has 0 unspecified atom stereocenters. The number of aryl methyl sites for hydroxylation is 2. The van der Waals surface area contributed by atoms with Gasteiger partial charge >= 0.3 is 5.97 Å². The van der Waals surface area contributed by atoms with E-state index in [0.29, 0.717) is 16.0 Å². The van der Waals surface area contributed by atoms with Crippen LogP contribution in [-0.4, -0.2) is 30.8 Å². The number of ether oxygens (including phenoxy) is 1. The van der Waals surface area contributed by atoms with Gasteiger partial charge in [-0.15, -0.1) is 11.3 Å². The minimum atomic E-state index is -0.686. The number of carbonyl (C=O) groups excluding carboxylic acids is 3. The second-order valence-corrected chi connectivity index (χ2v) is 7.02. The zero-order chi connectivity index (χ0) is 18.7. The average Bonchev–Trinajstić information content (AvgIpc) is 3.22. The maximum absolute atomic E-state index is 12.2. The molecule has 0 saturated carbocycles. The highest BCUT2D eigenvalue weighted by Crippen LogP contribution is 2.25. The molecule has 6 nitrogen and oxygen atoms in total. The maximum Gasteiger partial charge on any atom is 0.325 e. The number of fused-ring (bicyclic) bond motifs is 1. The van der Waals surface area contributed by atoms with Crippen molar-refractivity contribution in [2.45, 2.75) is 13.8 Å². The van der Waals surface area contributed by atoms with E-state index in [4.69, 9.17) is 9.15 Å². The Morgan fingerprint density at radius 1 is 1.12 bits per heavy atom. The summed E-state index contributed by atoms with van der Waals surface area (Å²) in [6, 6.07) is 10.8. The van der Waals surface area contributed by atoms with Crippen LogP contribution in [0, 0.1) is 13.8 Å². The molecule has 0 bridgehead atoms. The molecular formula is C19H17NO5S. The van der Waals surface area contributed by atoms with E-state index < -0.39 is 18.4 Å². The lowest BCUT2D eigenvalue weighted by Crippen LogP contribution is -2.31. The Kier molecular flexibility index (Phi) is 5.18. The quantitative estimate of drug-likeness (QED) is 0.531. The first-order valence-electron chi connectivity index (χ1n) is 7.97. The van der Waals surface area contributed by atoms with Gasteiger partial charge < -0.3 is 14.5 Å². The van der Waals surface area contributed by atoms with Crippen molar-refractivity contribution < 1.29 is 23.5 Å². The first-order valence-corrected chi connectivity index (χ1v) is 8.79. The van der Waals surface area contributed by atoms with Crippen LogP contribution >= 0.6 is 11.3 Å². The molecule has 2 aromatic heterocycles. The van der Waals surface area contributed by atoms with Gasteiger partial charge in [-0.2, -0.15) is 0 Å². The predicted octanol–water partition coefficient (Wildman–Crippen LogP) is 3.27. The second kappa shape index (κ2) is 7.53. The first-order chi connectivity index (χ1) is 12.5. The van der Waals surface area contributed by atoms with Crippen molar-refractivity contribution in [1.29, 1.82) is 0 Å². The van der Waals surface area contributed by atoms with Crippen LogP contribution in [0.15, 0.2) is 40.8 Å². The van der Waals surface area contributed by atoms with Crippen molar-refractivity contribution in [3.8, 4) is 0 Å². The number of hydrogen-bond acceptors (Lipinski definition) is 6. The van der Waals surface area contributed by atoms with Gasteiger partial charge in [-0.25, -0.2) is 0 Å². The fraction of sp³-hybridized carbons (Fsp3) is 0.211. The van der Waals surface area contributed by atoms with E-state index in [2.05, 4.69) is 5.32 Å². The largest absolute Gasteiger partial charge is 0.456 e. The average molecular weight is 371 g/mol. The number of carbonyl (C=O) groups is 3. The minimum absolute atomic E-state index is 0.178. The molecule has 0 radical (unpaired) electrons. The summed E-state index contributed by atoms with van der Waals surface area (Å²) >= 11 is 1.34. The van der Waals surface area contributed by atoms with Crippen LogP contribution in [0.3, 0.4) is 0 Å². The van der Waals surface area contributed by atoms with Crippen molar-refractivity contribution in [3.05, 3.63) is 57.5 Å². The zero-order valence-electron chi connectivity index (χ0n) is 14.3. The summed E-state index contributed by atoms with van der Waals surface area (Å²) in [5, 5.41) is 3.32. The number of thiophene rings is 1. The molecule has 1 amide bonds. The highest BCUT2D eigenvalue weighted by molar-refractivity contribution is 7.13. The molecule has 2 heterocycles. The number of Topliss-reactive ketones (excluding diaryl/α,β-unsaturated/α-hetero) is 1. The molecule has 0 saturated heterocycles. The van der Waals surface area contributed by atoms with Crippen molar-refractivity contribution in [2.75, 3.05) is 13.2 Å². The summed E-state index contributed by atoms with van der Waals surface area (Å²) in [5.41, 5.74) is 1.32. The van der Waals surface area contributed by atoms with E-state index in [0.717, 1.165) is 10.3 Å². The molecule has 0 aliphatic rings. The number of para-hydroxylation sites is 1. The third kappa shape index (κ3) is 3.83. The van der Waals surface area contributed by atoms with E-state index >= 15 is 0 Å². The Bertz CT molecular complexity index is 985. The minimum Gasteiger partial charge on any atom is -0.456 e. The normalized spacial score (nSPS) is 10.7. The smallest absolute Gasteiger partial charge is 0.325 e. The standard InChI is InChI=1S/C19H17NO5S/c1-11-7-8-16(26-11)19(23)20-9-17(22)24-10-14(21)18-12(2)13-5-3-4-6-15(13)25-18/h3-8H,9-10H2,1-2H3,(H,20,23). The van der Waals surface area contributed by atoms with Gasteiger partial charge in [0.15, 0.2) is 12.4 Å². The van der Waals surface area contributed by atoms with Crippen molar-refractivity contribution in [2.24, 2.45) is 0 Å². The zero-order valence-corrected chi connectivity index (χ0v) is 15.1. The van der Waals surface area contributed by atoms with E-state index in [1.54, 1.807) is 19.1 Å². The fourth-order valence-corrected chi connectivity index (χ4v) is 3.28. The molecular weight excluding hydrogens is 354 g/mol. The predicted molar refractivity (Wildman–Crippen MR) is 97.6 cm³/mol. The van der Waals surface area contributed by atoms with E-state index in [-0.39, 0.29) is 18.2 Å². The van der Waals surface area contributed by atoms with Crippen LogP contribution < -0.4 is 5.32 Å². The monoisotopic (exact) mass is 371 g/mol. The second-order valence-electron chi connectivity index (χ2n) is 5.73. The number of ketones is 1. The molecule has 0 aliphatic carbocycles. The van der Waals surface area contributed by atoms with Crippen LogP contribution in [0.25, 0.3) is 11.0 Å². The number of amides is 1. The topological polar surface area (TPSA) is 85.6 Å². The van der Waals surface area contributed by atoms with Gasteiger partial charge in [0.05, 0.1) is 4.88 Å². The number of rotatable bonds is 6. The molecule has 0 aliphatic heterocycles. The molecule has 26 heavy (non-hydrogen) atoms. The van der Waals surface area contributed by atoms with E-state index in [1.807, 2.05) is 31.2 Å².